The highest BCUT2D eigenvalue weighted by molar-refractivity contribution is 6.11. The molecule has 0 aliphatic carbocycles. The third-order valence-electron chi connectivity index (χ3n) is 8.32. The van der Waals surface area contributed by atoms with Crippen molar-refractivity contribution in [1.82, 2.24) is 14.5 Å². The van der Waals surface area contributed by atoms with Crippen LogP contribution in [0.3, 0.4) is 0 Å². The van der Waals surface area contributed by atoms with E-state index in [0.29, 0.717) is 17.2 Å². The minimum Gasteiger partial charge on any atom is -0.320 e. The van der Waals surface area contributed by atoms with Gasteiger partial charge in [-0.1, -0.05) is 72.8 Å². The summed E-state index contributed by atoms with van der Waals surface area (Å²) in [5, 5.41) is 8.59. The Bertz CT molecular complexity index is 1740. The van der Waals surface area contributed by atoms with Gasteiger partial charge in [0.25, 0.3) is 0 Å². The number of aryl methyl sites for hydroxylation is 1. The molecule has 0 spiro atoms. The van der Waals surface area contributed by atoms with Crippen molar-refractivity contribution in [3.05, 3.63) is 137 Å². The second kappa shape index (κ2) is 13.6. The second-order valence-corrected chi connectivity index (χ2v) is 11.3. The summed E-state index contributed by atoms with van der Waals surface area (Å²) in [5.74, 6) is 3.56. The fraction of sp³-hybridized carbons (Fsp3) is 0.263. The minimum absolute atomic E-state index is 0.217. The van der Waals surface area contributed by atoms with Crippen LogP contribution < -0.4 is 0 Å². The fourth-order valence-corrected chi connectivity index (χ4v) is 6.15. The zero-order valence-electron chi connectivity index (χ0n) is 25.2. The molecular weight excluding hydrogens is 531 g/mol. The topological polar surface area (TPSA) is 44.9 Å². The molecule has 2 heterocycles. The summed E-state index contributed by atoms with van der Waals surface area (Å²) >= 11 is 0. The molecule has 1 N–H and O–H groups in total. The van der Waals surface area contributed by atoms with E-state index in [4.69, 9.17) is 10.4 Å². The number of hydrogen-bond donors (Lipinski definition) is 1. The summed E-state index contributed by atoms with van der Waals surface area (Å²) in [6, 6.07) is 32.0. The summed E-state index contributed by atoms with van der Waals surface area (Å²) < 4.78 is 16.1. The van der Waals surface area contributed by atoms with Crippen LogP contribution in [0.15, 0.2) is 97.1 Å². The summed E-state index contributed by atoms with van der Waals surface area (Å²) in [6.07, 6.45) is 6.75. The van der Waals surface area contributed by atoms with Crippen LogP contribution in [0.4, 0.5) is 4.39 Å². The second-order valence-electron chi connectivity index (χ2n) is 11.3. The Morgan fingerprint density at radius 2 is 1.67 bits per heavy atom. The highest BCUT2D eigenvalue weighted by atomic mass is 19.1. The van der Waals surface area contributed by atoms with Crippen molar-refractivity contribution in [2.24, 2.45) is 0 Å². The molecule has 1 saturated heterocycles. The zero-order valence-corrected chi connectivity index (χ0v) is 25.2. The quantitative estimate of drug-likeness (QED) is 0.157. The predicted molar refractivity (Wildman–Crippen MR) is 175 cm³/mol. The molecule has 1 unspecified atom stereocenters. The lowest BCUT2D eigenvalue weighted by molar-refractivity contribution is 0.200. The summed E-state index contributed by atoms with van der Waals surface area (Å²) in [5.41, 5.74) is 7.68. The first kappa shape index (κ1) is 29.9. The van der Waals surface area contributed by atoms with Crippen LogP contribution in [-0.2, 0) is 6.54 Å². The molecular formula is C38H39FN4. The Balaban J connectivity index is 0.00000118. The number of terminal acetylenes is 1. The molecule has 43 heavy (non-hydrogen) atoms. The number of rotatable bonds is 7. The molecule has 1 atom stereocenters. The lowest BCUT2D eigenvalue weighted by atomic mass is 9.94. The molecule has 0 saturated carbocycles. The number of halogens is 1. The largest absolute Gasteiger partial charge is 0.320 e. The summed E-state index contributed by atoms with van der Waals surface area (Å²) in [7, 11) is 0. The lowest BCUT2D eigenvalue weighted by Crippen LogP contribution is -2.33. The molecule has 218 valence electrons. The van der Waals surface area contributed by atoms with Gasteiger partial charge < -0.3 is 4.57 Å². The van der Waals surface area contributed by atoms with Gasteiger partial charge in [-0.05, 0) is 87.7 Å². The smallest absolute Gasteiger partial charge is 0.123 e. The number of piperidine rings is 1. The van der Waals surface area contributed by atoms with Gasteiger partial charge in [0.1, 0.15) is 11.6 Å². The molecule has 1 aliphatic rings. The third kappa shape index (κ3) is 6.77. The highest BCUT2D eigenvalue weighted by Crippen LogP contribution is 2.34. The average Bonchev–Trinajstić information content (AvgIpc) is 3.41. The first-order chi connectivity index (χ1) is 20.9. The molecule has 5 heteroatoms. The Kier molecular flexibility index (Phi) is 9.49. The van der Waals surface area contributed by atoms with Crippen molar-refractivity contribution in [3.8, 4) is 12.3 Å². The highest BCUT2D eigenvalue weighted by Gasteiger charge is 2.27. The van der Waals surface area contributed by atoms with Gasteiger partial charge in [-0.15, -0.1) is 12.3 Å². The molecule has 5 aromatic rings. The van der Waals surface area contributed by atoms with Gasteiger partial charge in [0.2, 0.25) is 0 Å². The van der Waals surface area contributed by atoms with E-state index in [-0.39, 0.29) is 11.9 Å². The number of imidazole rings is 1. The van der Waals surface area contributed by atoms with Crippen LogP contribution in [0.2, 0.25) is 0 Å². The van der Waals surface area contributed by atoms with E-state index in [1.54, 1.807) is 19.1 Å². The number of likely N-dealkylation sites (tertiary alicyclic amines) is 1. The van der Waals surface area contributed by atoms with Crippen LogP contribution in [-0.4, -0.2) is 33.3 Å². The maximum atomic E-state index is 13.7. The van der Waals surface area contributed by atoms with Crippen molar-refractivity contribution in [2.75, 3.05) is 13.1 Å². The molecule has 4 aromatic carbocycles. The van der Waals surface area contributed by atoms with E-state index in [9.17, 15) is 4.39 Å². The molecule has 6 rings (SSSR count). The number of nitrogens with one attached hydrogen (secondary N) is 1. The van der Waals surface area contributed by atoms with Gasteiger partial charge in [-0.2, -0.15) is 0 Å². The standard InChI is InChI=1S/C35H35FN4.C3H4/c1-24-21-26(15-16-31(24)34(37)29-11-8-12-30(36)22-29)23-39-19-17-28(18-20-39)35-38-32-13-6-7-14-33(32)40(35)25(2)27-9-4-3-5-10-27;1-3-2/h3-16,21-22,25,28,37H,17-20,23H2,1-2H3;1H,2H3. The van der Waals surface area contributed by atoms with Gasteiger partial charge in [0, 0.05) is 23.6 Å². The van der Waals surface area contributed by atoms with Crippen molar-refractivity contribution >= 4 is 16.7 Å². The van der Waals surface area contributed by atoms with E-state index in [1.807, 2.05) is 13.0 Å². The van der Waals surface area contributed by atoms with Crippen molar-refractivity contribution < 1.29 is 4.39 Å². The fourth-order valence-electron chi connectivity index (χ4n) is 6.15. The Morgan fingerprint density at radius 1 is 0.977 bits per heavy atom. The number of hydrogen-bond acceptors (Lipinski definition) is 3. The van der Waals surface area contributed by atoms with Gasteiger partial charge >= 0.3 is 0 Å². The third-order valence-corrected chi connectivity index (χ3v) is 8.32. The van der Waals surface area contributed by atoms with Gasteiger partial charge in [0.05, 0.1) is 22.8 Å². The first-order valence-electron chi connectivity index (χ1n) is 15.0. The van der Waals surface area contributed by atoms with Gasteiger partial charge in [-0.3, -0.25) is 10.3 Å². The maximum Gasteiger partial charge on any atom is 0.123 e. The minimum atomic E-state index is -0.315. The van der Waals surface area contributed by atoms with Crippen molar-refractivity contribution in [3.63, 3.8) is 0 Å². The van der Waals surface area contributed by atoms with Crippen LogP contribution in [0.25, 0.3) is 11.0 Å². The first-order valence-corrected chi connectivity index (χ1v) is 15.0. The number of benzene rings is 4. The van der Waals surface area contributed by atoms with Crippen LogP contribution >= 0.6 is 0 Å². The van der Waals surface area contributed by atoms with E-state index in [0.717, 1.165) is 49.1 Å². The zero-order chi connectivity index (χ0) is 30.3. The van der Waals surface area contributed by atoms with Crippen LogP contribution in [0.1, 0.15) is 72.3 Å². The predicted octanol–water partition coefficient (Wildman–Crippen LogP) is 8.53. The molecule has 0 radical (unpaired) electrons. The number of fused-ring (bicyclic) bond motifs is 1. The maximum absolute atomic E-state index is 13.7. The van der Waals surface area contributed by atoms with Crippen LogP contribution in [0, 0.1) is 30.5 Å². The van der Waals surface area contributed by atoms with E-state index in [1.165, 1.54) is 34.6 Å². The van der Waals surface area contributed by atoms with E-state index >= 15 is 0 Å². The SMILES string of the molecule is C#CC.Cc1cc(CN2CCC(c3nc4ccccc4n3C(C)c3ccccc3)CC2)ccc1C(=N)c1cccc(F)c1. The normalized spacial score (nSPS) is 14.5. The molecule has 4 nitrogen and oxygen atoms in total. The Morgan fingerprint density at radius 3 is 2.37 bits per heavy atom. The van der Waals surface area contributed by atoms with Gasteiger partial charge in [-0.25, -0.2) is 9.37 Å². The van der Waals surface area contributed by atoms with E-state index in [2.05, 4.69) is 95.5 Å². The summed E-state index contributed by atoms with van der Waals surface area (Å²) in [6.45, 7) is 8.90. The monoisotopic (exact) mass is 570 g/mol. The molecule has 1 aliphatic heterocycles. The number of nitrogens with zero attached hydrogens (tertiary/aromatic N) is 3. The molecule has 1 aromatic heterocycles. The average molecular weight is 571 g/mol. The molecule has 0 bridgehead atoms. The summed E-state index contributed by atoms with van der Waals surface area (Å²) in [4.78, 5) is 7.69. The lowest BCUT2D eigenvalue weighted by Gasteiger charge is -2.33. The number of para-hydroxylation sites is 2. The van der Waals surface area contributed by atoms with Crippen molar-refractivity contribution in [1.29, 1.82) is 5.41 Å². The molecule has 1 fully saturated rings. The van der Waals surface area contributed by atoms with Gasteiger partial charge in [0.15, 0.2) is 0 Å². The Labute approximate surface area is 254 Å². The number of aromatic nitrogens is 2. The van der Waals surface area contributed by atoms with Crippen LogP contribution in [0.5, 0.6) is 0 Å². The molecule has 0 amide bonds. The Hall–Kier alpha value is -4.53. The van der Waals surface area contributed by atoms with Crippen molar-refractivity contribution in [2.45, 2.75) is 52.1 Å². The van der Waals surface area contributed by atoms with E-state index < -0.39 is 0 Å².